The molecule has 0 spiro atoms. The molecule has 1 aromatic rings. The number of aliphatic hydroxyl groups excluding tert-OH is 1. The summed E-state index contributed by atoms with van der Waals surface area (Å²) >= 11 is 0. The minimum Gasteiger partial charge on any atom is -0.396 e. The van der Waals surface area contributed by atoms with Crippen LogP contribution in [-0.2, 0) is 22.8 Å². The van der Waals surface area contributed by atoms with Gasteiger partial charge in [0.1, 0.15) is 5.82 Å². The van der Waals surface area contributed by atoms with E-state index in [4.69, 9.17) is 0 Å². The van der Waals surface area contributed by atoms with Gasteiger partial charge in [-0.05, 0) is 25.2 Å². The number of rotatable bonds is 3. The molecule has 2 unspecified atom stereocenters. The van der Waals surface area contributed by atoms with Crippen molar-refractivity contribution in [2.45, 2.75) is 38.1 Å². The van der Waals surface area contributed by atoms with Gasteiger partial charge in [0.15, 0.2) is 15.7 Å². The quantitative estimate of drug-likeness (QED) is 0.853. The second-order valence-electron chi connectivity index (χ2n) is 5.60. The molecule has 2 aliphatic rings. The summed E-state index contributed by atoms with van der Waals surface area (Å²) in [5.41, 5.74) is 0. The van der Waals surface area contributed by atoms with Gasteiger partial charge in [-0.15, -0.1) is 0 Å². The van der Waals surface area contributed by atoms with Crippen molar-refractivity contribution in [3.63, 3.8) is 0 Å². The molecule has 0 aliphatic carbocycles. The lowest BCUT2D eigenvalue weighted by atomic mass is 10.0. The first kappa shape index (κ1) is 13.1. The lowest BCUT2D eigenvalue weighted by Crippen LogP contribution is -2.19. The maximum atomic E-state index is 11.4. The van der Waals surface area contributed by atoms with E-state index in [1.165, 1.54) is 0 Å². The summed E-state index contributed by atoms with van der Waals surface area (Å²) in [5.74, 6) is 2.40. The molecule has 3 rings (SSSR count). The van der Waals surface area contributed by atoms with Gasteiger partial charge in [-0.2, -0.15) is 5.10 Å². The molecular weight excluding hydrogens is 266 g/mol. The fourth-order valence-corrected chi connectivity index (χ4v) is 4.90. The van der Waals surface area contributed by atoms with E-state index >= 15 is 0 Å². The minimum atomic E-state index is -2.84. The van der Waals surface area contributed by atoms with Gasteiger partial charge in [0.05, 0.1) is 18.1 Å². The minimum absolute atomic E-state index is 0.0855. The van der Waals surface area contributed by atoms with E-state index < -0.39 is 9.84 Å². The van der Waals surface area contributed by atoms with Crippen molar-refractivity contribution in [3.8, 4) is 0 Å². The molecule has 6 nitrogen and oxygen atoms in total. The van der Waals surface area contributed by atoms with Crippen LogP contribution in [0.15, 0.2) is 0 Å². The molecule has 0 radical (unpaired) electrons. The van der Waals surface area contributed by atoms with Crippen molar-refractivity contribution >= 4 is 9.84 Å². The van der Waals surface area contributed by atoms with Gasteiger partial charge in [-0.3, -0.25) is 0 Å². The first-order valence-electron chi connectivity index (χ1n) is 6.82. The molecule has 0 amide bonds. The van der Waals surface area contributed by atoms with Crippen LogP contribution in [0.1, 0.15) is 36.8 Å². The molecule has 2 atom stereocenters. The molecule has 7 heteroatoms. The van der Waals surface area contributed by atoms with Gasteiger partial charge in [-0.1, -0.05) is 0 Å². The number of aryl methyl sites for hydroxylation is 1. The molecule has 2 aliphatic heterocycles. The highest BCUT2D eigenvalue weighted by Crippen LogP contribution is 2.26. The summed E-state index contributed by atoms with van der Waals surface area (Å²) in [4.78, 5) is 4.51. The Balaban J connectivity index is 1.75. The monoisotopic (exact) mass is 285 g/mol. The van der Waals surface area contributed by atoms with Gasteiger partial charge < -0.3 is 5.11 Å². The molecular formula is C12H19N3O3S. The van der Waals surface area contributed by atoms with Crippen LogP contribution in [0.3, 0.4) is 0 Å². The zero-order chi connectivity index (χ0) is 13.5. The maximum Gasteiger partial charge on any atom is 0.151 e. The third-order valence-corrected chi connectivity index (χ3v) is 5.89. The van der Waals surface area contributed by atoms with Gasteiger partial charge in [0.25, 0.3) is 0 Å². The van der Waals surface area contributed by atoms with Crippen LogP contribution in [0, 0.1) is 5.92 Å². The molecule has 3 heterocycles. The highest BCUT2D eigenvalue weighted by molar-refractivity contribution is 7.91. The lowest BCUT2D eigenvalue weighted by molar-refractivity contribution is 0.234. The standard InChI is InChI=1S/C12H19N3O3S/c16-7-10-2-1-4-15-12(10)13-11(14-15)6-9-3-5-19(17,18)8-9/h9-10,16H,1-8H2. The predicted molar refractivity (Wildman–Crippen MR) is 69.5 cm³/mol. The largest absolute Gasteiger partial charge is 0.396 e. The predicted octanol–water partition coefficient (Wildman–Crippen LogP) is 0.125. The number of fused-ring (bicyclic) bond motifs is 1. The van der Waals surface area contributed by atoms with E-state index in [0.29, 0.717) is 12.2 Å². The van der Waals surface area contributed by atoms with Crippen LogP contribution in [0.4, 0.5) is 0 Å². The average molecular weight is 285 g/mol. The number of hydrogen-bond acceptors (Lipinski definition) is 5. The highest BCUT2D eigenvalue weighted by atomic mass is 32.2. The number of aliphatic hydroxyl groups is 1. The van der Waals surface area contributed by atoms with Crippen molar-refractivity contribution < 1.29 is 13.5 Å². The Kier molecular flexibility index (Phi) is 3.34. The fraction of sp³-hybridized carbons (Fsp3) is 0.833. The number of sulfone groups is 1. The molecule has 1 N–H and O–H groups in total. The number of hydrogen-bond donors (Lipinski definition) is 1. The van der Waals surface area contributed by atoms with E-state index in [9.17, 15) is 13.5 Å². The third kappa shape index (κ3) is 2.67. The summed E-state index contributed by atoms with van der Waals surface area (Å²) in [7, 11) is -2.84. The van der Waals surface area contributed by atoms with Crippen molar-refractivity contribution in [1.29, 1.82) is 0 Å². The van der Waals surface area contributed by atoms with E-state index in [2.05, 4.69) is 10.1 Å². The van der Waals surface area contributed by atoms with Crippen molar-refractivity contribution in [2.24, 2.45) is 5.92 Å². The molecule has 1 saturated heterocycles. The SMILES string of the molecule is O=S1(=O)CCC(Cc2nc3n(n2)CCCC3CO)C1. The van der Waals surface area contributed by atoms with E-state index in [1.54, 1.807) is 0 Å². The zero-order valence-corrected chi connectivity index (χ0v) is 11.6. The maximum absolute atomic E-state index is 11.4. The van der Waals surface area contributed by atoms with Crippen LogP contribution >= 0.6 is 0 Å². The summed E-state index contributed by atoms with van der Waals surface area (Å²) in [5, 5.41) is 13.8. The van der Waals surface area contributed by atoms with Crippen LogP contribution in [0.2, 0.25) is 0 Å². The molecule has 0 bridgehead atoms. The van der Waals surface area contributed by atoms with Crippen molar-refractivity contribution in [2.75, 3.05) is 18.1 Å². The van der Waals surface area contributed by atoms with Crippen LogP contribution in [-0.4, -0.2) is 46.4 Å². The molecule has 106 valence electrons. The third-order valence-electron chi connectivity index (χ3n) is 4.05. The molecule has 0 aromatic carbocycles. The van der Waals surface area contributed by atoms with E-state index in [-0.39, 0.29) is 24.2 Å². The number of nitrogens with zero attached hydrogens (tertiary/aromatic N) is 3. The highest BCUT2D eigenvalue weighted by Gasteiger charge is 2.30. The van der Waals surface area contributed by atoms with Crippen LogP contribution in [0.5, 0.6) is 0 Å². The number of aromatic nitrogens is 3. The van der Waals surface area contributed by atoms with Gasteiger partial charge in [-0.25, -0.2) is 18.1 Å². The van der Waals surface area contributed by atoms with Gasteiger partial charge in [0, 0.05) is 18.9 Å². The molecule has 0 saturated carbocycles. The average Bonchev–Trinajstić information content (AvgIpc) is 2.91. The van der Waals surface area contributed by atoms with E-state index in [1.807, 2.05) is 4.68 Å². The molecule has 1 fully saturated rings. The fourth-order valence-electron chi connectivity index (χ4n) is 3.04. The van der Waals surface area contributed by atoms with Gasteiger partial charge in [0.2, 0.25) is 0 Å². The summed E-state index contributed by atoms with van der Waals surface area (Å²) in [6.07, 6.45) is 3.32. The smallest absolute Gasteiger partial charge is 0.151 e. The summed E-state index contributed by atoms with van der Waals surface area (Å²) < 4.78 is 24.8. The Hall–Kier alpha value is -0.950. The Bertz CT molecular complexity index is 567. The zero-order valence-electron chi connectivity index (χ0n) is 10.8. The van der Waals surface area contributed by atoms with Crippen LogP contribution in [0.25, 0.3) is 0 Å². The Labute approximate surface area is 112 Å². The van der Waals surface area contributed by atoms with Gasteiger partial charge >= 0.3 is 0 Å². The van der Waals surface area contributed by atoms with E-state index in [0.717, 1.165) is 37.5 Å². The first-order chi connectivity index (χ1) is 9.07. The first-order valence-corrected chi connectivity index (χ1v) is 8.64. The summed E-state index contributed by atoms with van der Waals surface area (Å²) in [6, 6.07) is 0. The second kappa shape index (κ2) is 4.86. The second-order valence-corrected chi connectivity index (χ2v) is 7.83. The van der Waals surface area contributed by atoms with Crippen molar-refractivity contribution in [3.05, 3.63) is 11.6 Å². The van der Waals surface area contributed by atoms with Crippen molar-refractivity contribution in [1.82, 2.24) is 14.8 Å². The molecule has 19 heavy (non-hydrogen) atoms. The Morgan fingerprint density at radius 3 is 2.89 bits per heavy atom. The summed E-state index contributed by atoms with van der Waals surface area (Å²) in [6.45, 7) is 0.956. The Morgan fingerprint density at radius 1 is 1.37 bits per heavy atom. The topological polar surface area (TPSA) is 85.1 Å². The van der Waals surface area contributed by atoms with Crippen LogP contribution < -0.4 is 0 Å². The normalized spacial score (nSPS) is 29.3. The molecule has 1 aromatic heterocycles. The lowest BCUT2D eigenvalue weighted by Gasteiger charge is -2.19. The Morgan fingerprint density at radius 2 is 2.21 bits per heavy atom.